The van der Waals surface area contributed by atoms with Gasteiger partial charge in [-0.05, 0) is 54.8 Å². The largest absolute Gasteiger partial charge is 0.496 e. The summed E-state index contributed by atoms with van der Waals surface area (Å²) in [6.45, 7) is 0.541. The van der Waals surface area contributed by atoms with Gasteiger partial charge in [-0.2, -0.15) is 5.26 Å². The summed E-state index contributed by atoms with van der Waals surface area (Å²) >= 11 is 12.3. The predicted octanol–water partition coefficient (Wildman–Crippen LogP) is 3.36. The molecule has 37 heavy (non-hydrogen) atoms. The van der Waals surface area contributed by atoms with Crippen LogP contribution in [0.15, 0.2) is 42.5 Å². The van der Waals surface area contributed by atoms with Crippen LogP contribution in [0.4, 0.5) is 0 Å². The van der Waals surface area contributed by atoms with Gasteiger partial charge >= 0.3 is 0 Å². The predicted molar refractivity (Wildman–Crippen MR) is 140 cm³/mol. The molecule has 3 aromatic rings. The van der Waals surface area contributed by atoms with Crippen LogP contribution in [0.25, 0.3) is 10.9 Å². The number of carbonyl (C=O) groups is 3. The highest BCUT2D eigenvalue weighted by atomic mass is 35.5. The van der Waals surface area contributed by atoms with Gasteiger partial charge in [0.1, 0.15) is 23.5 Å². The number of methoxy groups -OCH3 is 1. The molecule has 1 aromatic heterocycles. The smallest absolute Gasteiger partial charge is 0.268 e. The molecule has 1 saturated heterocycles. The van der Waals surface area contributed by atoms with Crippen molar-refractivity contribution < 1.29 is 19.1 Å². The number of nitrogens with one attached hydrogen (secondary N) is 4. The Bertz CT molecular complexity index is 1360. The minimum atomic E-state index is -1.05. The minimum absolute atomic E-state index is 0.0729. The first kappa shape index (κ1) is 26.3. The summed E-state index contributed by atoms with van der Waals surface area (Å²) in [7, 11) is 1.54. The number of nitrogens with zero attached hydrogens (tertiary/aromatic N) is 1. The Morgan fingerprint density at radius 1 is 1.19 bits per heavy atom. The molecular weight excluding hydrogens is 517 g/mol. The third-order valence-electron chi connectivity index (χ3n) is 6.23. The summed E-state index contributed by atoms with van der Waals surface area (Å²) in [5.74, 6) is -0.977. The average Bonchev–Trinajstić information content (AvgIpc) is 3.48. The molecule has 0 saturated carbocycles. The molecule has 3 amide bonds. The molecule has 1 aliphatic rings. The zero-order chi connectivity index (χ0) is 26.5. The molecule has 4 rings (SSSR count). The van der Waals surface area contributed by atoms with Crippen LogP contribution in [0, 0.1) is 17.2 Å². The maximum Gasteiger partial charge on any atom is 0.268 e. The Labute approximate surface area is 223 Å². The fourth-order valence-corrected chi connectivity index (χ4v) is 4.98. The fourth-order valence-electron chi connectivity index (χ4n) is 4.41. The van der Waals surface area contributed by atoms with Crippen LogP contribution in [-0.4, -0.2) is 48.4 Å². The van der Waals surface area contributed by atoms with Crippen molar-refractivity contribution >= 4 is 51.8 Å². The number of fused-ring (bicyclic) bond motifs is 1. The molecule has 0 aliphatic carbocycles. The first-order chi connectivity index (χ1) is 17.8. The van der Waals surface area contributed by atoms with Crippen LogP contribution in [-0.2, 0) is 16.0 Å². The van der Waals surface area contributed by atoms with E-state index in [4.69, 9.17) is 27.9 Å². The lowest BCUT2D eigenvalue weighted by Gasteiger charge is -2.21. The van der Waals surface area contributed by atoms with E-state index in [2.05, 4.69) is 20.9 Å². The van der Waals surface area contributed by atoms with Crippen LogP contribution in [0.3, 0.4) is 0 Å². The molecule has 2 heterocycles. The lowest BCUT2D eigenvalue weighted by Crippen LogP contribution is -2.51. The van der Waals surface area contributed by atoms with E-state index in [1.807, 2.05) is 12.1 Å². The number of aromatic nitrogens is 1. The molecule has 3 unspecified atom stereocenters. The number of nitriles is 1. The highest BCUT2D eigenvalue weighted by molar-refractivity contribution is 6.34. The van der Waals surface area contributed by atoms with Crippen LogP contribution < -0.4 is 20.7 Å². The Balaban J connectivity index is 1.56. The van der Waals surface area contributed by atoms with Gasteiger partial charge in [0.25, 0.3) is 5.91 Å². The van der Waals surface area contributed by atoms with Crippen molar-refractivity contribution in [1.29, 1.82) is 5.26 Å². The zero-order valence-corrected chi connectivity index (χ0v) is 21.4. The summed E-state index contributed by atoms with van der Waals surface area (Å²) in [6, 6.07) is 12.0. The van der Waals surface area contributed by atoms with Crippen LogP contribution in [0.1, 0.15) is 28.9 Å². The molecule has 0 radical (unpaired) electrons. The van der Waals surface area contributed by atoms with Gasteiger partial charge in [-0.25, -0.2) is 0 Å². The maximum absolute atomic E-state index is 13.3. The van der Waals surface area contributed by atoms with Gasteiger partial charge in [0.05, 0.1) is 13.2 Å². The third kappa shape index (κ3) is 6.34. The van der Waals surface area contributed by atoms with Crippen molar-refractivity contribution in [2.75, 3.05) is 13.7 Å². The maximum atomic E-state index is 13.3. The van der Waals surface area contributed by atoms with E-state index in [-0.39, 0.29) is 30.4 Å². The highest BCUT2D eigenvalue weighted by Gasteiger charge is 2.30. The molecule has 1 fully saturated rings. The molecule has 11 heteroatoms. The molecule has 2 aromatic carbocycles. The first-order valence-corrected chi connectivity index (χ1v) is 12.4. The molecule has 192 valence electrons. The van der Waals surface area contributed by atoms with Crippen molar-refractivity contribution in [3.05, 3.63) is 63.8 Å². The summed E-state index contributed by atoms with van der Waals surface area (Å²) < 4.78 is 5.36. The van der Waals surface area contributed by atoms with Crippen molar-refractivity contribution in [3.8, 4) is 11.8 Å². The van der Waals surface area contributed by atoms with Gasteiger partial charge in [0.2, 0.25) is 11.8 Å². The van der Waals surface area contributed by atoms with E-state index in [1.54, 1.807) is 43.5 Å². The number of benzene rings is 2. The number of ether oxygens (including phenoxy) is 1. The number of amides is 3. The molecule has 4 N–H and O–H groups in total. The first-order valence-electron chi connectivity index (χ1n) is 11.7. The van der Waals surface area contributed by atoms with Gasteiger partial charge in [-0.1, -0.05) is 29.3 Å². The van der Waals surface area contributed by atoms with E-state index in [1.165, 1.54) is 0 Å². The number of hydrogen-bond donors (Lipinski definition) is 4. The van der Waals surface area contributed by atoms with E-state index in [9.17, 15) is 19.6 Å². The Morgan fingerprint density at radius 2 is 1.95 bits per heavy atom. The quantitative estimate of drug-likeness (QED) is 0.329. The van der Waals surface area contributed by atoms with E-state index >= 15 is 0 Å². The Kier molecular flexibility index (Phi) is 8.21. The minimum Gasteiger partial charge on any atom is -0.496 e. The summed E-state index contributed by atoms with van der Waals surface area (Å²) in [5, 5.41) is 19.3. The van der Waals surface area contributed by atoms with Crippen LogP contribution in [0.2, 0.25) is 10.0 Å². The number of halogens is 2. The third-order valence-corrected chi connectivity index (χ3v) is 6.66. The van der Waals surface area contributed by atoms with Gasteiger partial charge in [0.15, 0.2) is 0 Å². The summed E-state index contributed by atoms with van der Waals surface area (Å²) in [4.78, 5) is 41.5. The number of hydrogen-bond acceptors (Lipinski definition) is 5. The second kappa shape index (κ2) is 11.5. The van der Waals surface area contributed by atoms with Crippen LogP contribution >= 0.6 is 23.2 Å². The number of aromatic amines is 1. The molecule has 0 spiro atoms. The van der Waals surface area contributed by atoms with E-state index < -0.39 is 23.9 Å². The SMILES string of the molecule is COc1cccc2[nH]c(C(=O)NC(Cc3cc(Cl)cc(Cl)c3)C(=O)NC(C#N)CC3CCNC3=O)cc12. The van der Waals surface area contributed by atoms with Gasteiger partial charge in [-0.15, -0.1) is 0 Å². The summed E-state index contributed by atoms with van der Waals surface area (Å²) in [6.07, 6.45) is 0.848. The van der Waals surface area contributed by atoms with Gasteiger partial charge < -0.3 is 25.7 Å². The van der Waals surface area contributed by atoms with E-state index in [0.29, 0.717) is 39.8 Å². The number of H-pyrrole nitrogens is 1. The van der Waals surface area contributed by atoms with Crippen molar-refractivity contribution in [3.63, 3.8) is 0 Å². The molecule has 9 nitrogen and oxygen atoms in total. The van der Waals surface area contributed by atoms with Crippen LogP contribution in [0.5, 0.6) is 5.75 Å². The standard InChI is InChI=1S/C26H25Cl2N5O4/c1-37-23-4-2-3-20-19(23)12-22(32-20)26(36)33-21(9-14-7-16(27)11-17(28)8-14)25(35)31-18(13-29)10-15-5-6-30-24(15)34/h2-4,7-8,11-12,15,18,21,32H,5-6,9-10H2,1H3,(H,30,34)(H,31,35)(H,33,36). The molecule has 1 aliphatic heterocycles. The molecule has 0 bridgehead atoms. The number of carbonyl (C=O) groups excluding carboxylic acids is 3. The normalized spacial score (nSPS) is 16.5. The van der Waals surface area contributed by atoms with Crippen molar-refractivity contribution in [2.45, 2.75) is 31.3 Å². The lowest BCUT2D eigenvalue weighted by molar-refractivity contribution is -0.125. The van der Waals surface area contributed by atoms with Gasteiger partial charge in [-0.3, -0.25) is 14.4 Å². The Morgan fingerprint density at radius 3 is 2.59 bits per heavy atom. The number of rotatable bonds is 9. The van der Waals surface area contributed by atoms with Gasteiger partial charge in [0, 0.05) is 39.8 Å². The zero-order valence-electron chi connectivity index (χ0n) is 19.9. The lowest BCUT2D eigenvalue weighted by atomic mass is 9.98. The highest BCUT2D eigenvalue weighted by Crippen LogP contribution is 2.26. The molecule has 3 atom stereocenters. The van der Waals surface area contributed by atoms with E-state index in [0.717, 1.165) is 5.39 Å². The average molecular weight is 542 g/mol. The monoisotopic (exact) mass is 541 g/mol. The van der Waals surface area contributed by atoms with Crippen molar-refractivity contribution in [1.82, 2.24) is 20.9 Å². The summed E-state index contributed by atoms with van der Waals surface area (Å²) in [5.41, 5.74) is 1.56. The second-order valence-corrected chi connectivity index (χ2v) is 9.69. The topological polar surface area (TPSA) is 136 Å². The van der Waals surface area contributed by atoms with Crippen molar-refractivity contribution in [2.24, 2.45) is 5.92 Å². The molecular formula is C26H25Cl2N5O4. The second-order valence-electron chi connectivity index (χ2n) is 8.81. The Hall–Kier alpha value is -3.74. The fraction of sp³-hybridized carbons (Fsp3) is 0.308.